The van der Waals surface area contributed by atoms with Crippen molar-refractivity contribution in [3.05, 3.63) is 33.3 Å². The van der Waals surface area contributed by atoms with E-state index in [2.05, 4.69) is 4.98 Å². The molecule has 7 heteroatoms. The van der Waals surface area contributed by atoms with E-state index in [4.69, 9.17) is 23.4 Å². The van der Waals surface area contributed by atoms with Crippen molar-refractivity contribution in [1.82, 2.24) is 4.98 Å². The van der Waals surface area contributed by atoms with Gasteiger partial charge in [-0.3, -0.25) is 9.63 Å². The highest BCUT2D eigenvalue weighted by Crippen LogP contribution is 2.31. The summed E-state index contributed by atoms with van der Waals surface area (Å²) in [6.07, 6.45) is 0. The van der Waals surface area contributed by atoms with E-state index in [1.807, 2.05) is 4.84 Å². The van der Waals surface area contributed by atoms with E-state index in [-0.39, 0.29) is 27.4 Å². The van der Waals surface area contributed by atoms with Crippen molar-refractivity contribution in [1.29, 1.82) is 0 Å². The van der Waals surface area contributed by atoms with Gasteiger partial charge in [-0.1, -0.05) is 11.6 Å². The molecule has 0 fully saturated rings. The van der Waals surface area contributed by atoms with Gasteiger partial charge in [0.05, 0.1) is 10.5 Å². The minimum Gasteiger partial charge on any atom is -0.505 e. The first-order valence-corrected chi connectivity index (χ1v) is 4.91. The zero-order valence-corrected chi connectivity index (χ0v) is 9.16. The summed E-state index contributed by atoms with van der Waals surface area (Å²) in [5.41, 5.74) is -0.723. The molecule has 0 saturated heterocycles. The third kappa shape index (κ3) is 1.58. The predicted octanol–water partition coefficient (Wildman–Crippen LogP) is 2.59. The fourth-order valence-electron chi connectivity index (χ4n) is 1.36. The number of H-pyrrole nitrogens is 1. The van der Waals surface area contributed by atoms with E-state index < -0.39 is 11.4 Å². The summed E-state index contributed by atoms with van der Waals surface area (Å²) in [4.78, 5) is 15.8. The van der Waals surface area contributed by atoms with Gasteiger partial charge >= 0.3 is 0 Å². The fraction of sp³-hybridized carbons (Fsp3) is 0. The molecule has 2 aromatic rings. The first-order chi connectivity index (χ1) is 7.54. The Labute approximate surface area is 98.7 Å². The highest BCUT2D eigenvalue weighted by Gasteiger charge is 2.13. The smallest absolute Gasteiger partial charge is 0.276 e. The van der Waals surface area contributed by atoms with Gasteiger partial charge in [-0.2, -0.15) is 0 Å². The van der Waals surface area contributed by atoms with Crippen molar-refractivity contribution in [2.45, 2.75) is 0 Å². The number of hydrogen-bond acceptors (Lipinski definition) is 3. The number of aromatic nitrogens is 1. The number of benzene rings is 1. The average Bonchev–Trinajstić information content (AvgIpc) is 2.22. The molecule has 0 radical (unpaired) electrons. The molecule has 0 aliphatic rings. The molecule has 3 N–H and O–H groups in total. The van der Waals surface area contributed by atoms with Gasteiger partial charge in [0, 0.05) is 17.2 Å². The molecule has 1 aromatic carbocycles. The number of aromatic hydroxyl groups is 1. The Kier molecular flexibility index (Phi) is 2.65. The molecule has 0 bridgehead atoms. The number of fused-ring (bicyclic) bond motifs is 1. The van der Waals surface area contributed by atoms with E-state index in [0.717, 1.165) is 6.07 Å². The zero-order valence-electron chi connectivity index (χ0n) is 7.64. The van der Waals surface area contributed by atoms with Crippen molar-refractivity contribution in [3.63, 3.8) is 0 Å². The summed E-state index contributed by atoms with van der Waals surface area (Å²) < 4.78 is 13.1. The van der Waals surface area contributed by atoms with Crippen LogP contribution in [0.2, 0.25) is 5.02 Å². The molecule has 0 spiro atoms. The molecule has 0 aliphatic heterocycles. The lowest BCUT2D eigenvalue weighted by Gasteiger charge is -2.06. The summed E-state index contributed by atoms with van der Waals surface area (Å²) in [7, 11) is 0. The first kappa shape index (κ1) is 11.0. The SMILES string of the molecule is O=c1[nH]c2cc(F)c(Cl)cc2c(O)c1NCl. The molecule has 2 rings (SSSR count). The lowest BCUT2D eigenvalue weighted by molar-refractivity contribution is 0.483. The number of nitrogens with one attached hydrogen (secondary N) is 2. The molecule has 0 amide bonds. The lowest BCUT2D eigenvalue weighted by Crippen LogP contribution is -2.09. The third-order valence-electron chi connectivity index (χ3n) is 2.12. The van der Waals surface area contributed by atoms with E-state index in [0.29, 0.717) is 0 Å². The molecule has 1 aromatic heterocycles. The topological polar surface area (TPSA) is 65.1 Å². The first-order valence-electron chi connectivity index (χ1n) is 4.15. The molecule has 0 aliphatic carbocycles. The third-order valence-corrected chi connectivity index (χ3v) is 2.60. The largest absolute Gasteiger partial charge is 0.505 e. The van der Waals surface area contributed by atoms with Crippen LogP contribution in [-0.2, 0) is 0 Å². The van der Waals surface area contributed by atoms with Gasteiger partial charge in [-0.25, -0.2) is 4.39 Å². The van der Waals surface area contributed by atoms with Crippen LogP contribution >= 0.6 is 23.4 Å². The summed E-state index contributed by atoms with van der Waals surface area (Å²) in [6.45, 7) is 0. The van der Waals surface area contributed by atoms with Crippen LogP contribution in [-0.4, -0.2) is 10.1 Å². The van der Waals surface area contributed by atoms with Crippen molar-refractivity contribution in [2.75, 3.05) is 4.84 Å². The second-order valence-corrected chi connectivity index (χ2v) is 3.68. The quantitative estimate of drug-likeness (QED) is 0.693. The van der Waals surface area contributed by atoms with Gasteiger partial charge in [0.1, 0.15) is 5.82 Å². The van der Waals surface area contributed by atoms with Crippen LogP contribution in [0.15, 0.2) is 16.9 Å². The second-order valence-electron chi connectivity index (χ2n) is 3.08. The van der Waals surface area contributed by atoms with Crippen LogP contribution < -0.4 is 10.4 Å². The van der Waals surface area contributed by atoms with Crippen LogP contribution in [0, 0.1) is 5.82 Å². The lowest BCUT2D eigenvalue weighted by atomic mass is 10.2. The van der Waals surface area contributed by atoms with E-state index in [9.17, 15) is 14.3 Å². The Morgan fingerprint density at radius 1 is 1.44 bits per heavy atom. The van der Waals surface area contributed by atoms with Gasteiger partial charge in [-0.05, 0) is 12.1 Å². The number of aromatic amines is 1. The molecule has 4 nitrogen and oxygen atoms in total. The van der Waals surface area contributed by atoms with Crippen LogP contribution in [0.1, 0.15) is 0 Å². The Balaban J connectivity index is 2.94. The van der Waals surface area contributed by atoms with Crippen LogP contribution in [0.5, 0.6) is 5.75 Å². The maximum absolute atomic E-state index is 13.1. The molecule has 0 unspecified atom stereocenters. The van der Waals surface area contributed by atoms with E-state index in [1.165, 1.54) is 6.07 Å². The number of hydrogen-bond donors (Lipinski definition) is 3. The van der Waals surface area contributed by atoms with Crippen LogP contribution in [0.3, 0.4) is 0 Å². The fourth-order valence-corrected chi connectivity index (χ4v) is 1.70. The normalized spacial score (nSPS) is 10.7. The van der Waals surface area contributed by atoms with Crippen LogP contribution in [0.25, 0.3) is 10.9 Å². The highest BCUT2D eigenvalue weighted by atomic mass is 35.5. The summed E-state index contributed by atoms with van der Waals surface area (Å²) in [5.74, 6) is -1.06. The van der Waals surface area contributed by atoms with E-state index >= 15 is 0 Å². The standard InChI is InChI=1S/C9H5Cl2FN2O2/c10-4-1-3-6(2-5(4)12)13-9(16)7(14-11)8(3)15/h1-2,14H,(H2,13,15,16). The second kappa shape index (κ2) is 3.84. The summed E-state index contributed by atoms with van der Waals surface area (Å²) >= 11 is 10.8. The van der Waals surface area contributed by atoms with Gasteiger partial charge in [-0.15, -0.1) is 0 Å². The molecule has 16 heavy (non-hydrogen) atoms. The highest BCUT2D eigenvalue weighted by molar-refractivity contribution is 6.31. The molecular formula is C9H5Cl2FN2O2. The Hall–Kier alpha value is -1.46. The summed E-state index contributed by atoms with van der Waals surface area (Å²) in [6, 6.07) is 2.23. The number of halogens is 3. The monoisotopic (exact) mass is 262 g/mol. The number of anilines is 1. The molecule has 0 saturated carbocycles. The molecule has 84 valence electrons. The van der Waals surface area contributed by atoms with Crippen molar-refractivity contribution in [2.24, 2.45) is 0 Å². The zero-order chi connectivity index (χ0) is 11.9. The van der Waals surface area contributed by atoms with Gasteiger partial charge in [0.15, 0.2) is 11.4 Å². The minimum atomic E-state index is -0.684. The molecule has 0 atom stereocenters. The van der Waals surface area contributed by atoms with Gasteiger partial charge < -0.3 is 10.1 Å². The minimum absolute atomic E-state index is 0.139. The average molecular weight is 263 g/mol. The van der Waals surface area contributed by atoms with Crippen LogP contribution in [0.4, 0.5) is 10.1 Å². The Morgan fingerprint density at radius 3 is 2.75 bits per heavy atom. The summed E-state index contributed by atoms with van der Waals surface area (Å²) in [5, 5.41) is 9.74. The van der Waals surface area contributed by atoms with Crippen molar-refractivity contribution < 1.29 is 9.50 Å². The Morgan fingerprint density at radius 2 is 2.12 bits per heavy atom. The molecule has 1 heterocycles. The van der Waals surface area contributed by atoms with Gasteiger partial charge in [0.2, 0.25) is 0 Å². The van der Waals surface area contributed by atoms with Crippen molar-refractivity contribution in [3.8, 4) is 5.75 Å². The maximum Gasteiger partial charge on any atom is 0.276 e. The number of pyridine rings is 1. The predicted molar refractivity (Wildman–Crippen MR) is 60.7 cm³/mol. The number of rotatable bonds is 1. The maximum atomic E-state index is 13.1. The Bertz CT molecular complexity index is 627. The molecular weight excluding hydrogens is 258 g/mol. The van der Waals surface area contributed by atoms with E-state index in [1.54, 1.807) is 0 Å². The van der Waals surface area contributed by atoms with Gasteiger partial charge in [0.25, 0.3) is 5.56 Å². The van der Waals surface area contributed by atoms with Crippen molar-refractivity contribution >= 4 is 40.0 Å².